The Hall–Kier alpha value is -1.75. The summed E-state index contributed by atoms with van der Waals surface area (Å²) in [5.41, 5.74) is 0.769. The van der Waals surface area contributed by atoms with E-state index in [1.165, 1.54) is 6.07 Å². The van der Waals surface area contributed by atoms with Gasteiger partial charge >= 0.3 is 0 Å². The molecule has 0 spiro atoms. The quantitative estimate of drug-likeness (QED) is 0.938. The van der Waals surface area contributed by atoms with Crippen LogP contribution in [0.2, 0.25) is 0 Å². The van der Waals surface area contributed by atoms with Crippen molar-refractivity contribution >= 4 is 0 Å². The average molecular weight is 288 g/mol. The monoisotopic (exact) mass is 288 g/mol. The number of benzene rings is 1. The molecule has 0 bridgehead atoms. The third kappa shape index (κ3) is 3.29. The summed E-state index contributed by atoms with van der Waals surface area (Å²) in [7, 11) is 0. The number of aromatic nitrogens is 3. The first-order chi connectivity index (χ1) is 10.1. The molecule has 1 aliphatic rings. The predicted octanol–water partition coefficient (Wildman–Crippen LogP) is 2.26. The van der Waals surface area contributed by atoms with E-state index >= 15 is 0 Å². The van der Waals surface area contributed by atoms with Gasteiger partial charge in [0.25, 0.3) is 0 Å². The Morgan fingerprint density at radius 1 is 1.43 bits per heavy atom. The van der Waals surface area contributed by atoms with Gasteiger partial charge < -0.3 is 5.32 Å². The van der Waals surface area contributed by atoms with E-state index in [9.17, 15) is 4.39 Å². The molecule has 0 aliphatic carbocycles. The zero-order chi connectivity index (χ0) is 14.8. The molecule has 0 radical (unpaired) electrons. The molecule has 1 aromatic heterocycles. The van der Waals surface area contributed by atoms with Gasteiger partial charge in [-0.3, -0.25) is 0 Å². The summed E-state index contributed by atoms with van der Waals surface area (Å²) in [5.74, 6) is 1.79. The highest BCUT2D eigenvalue weighted by Crippen LogP contribution is 2.15. The van der Waals surface area contributed by atoms with Gasteiger partial charge in [-0.05, 0) is 38.3 Å². The van der Waals surface area contributed by atoms with Crippen LogP contribution in [0.1, 0.15) is 30.6 Å². The van der Waals surface area contributed by atoms with E-state index in [0.29, 0.717) is 12.5 Å². The molecule has 0 unspecified atom stereocenters. The average Bonchev–Trinajstić information content (AvgIpc) is 2.80. The van der Waals surface area contributed by atoms with E-state index in [-0.39, 0.29) is 11.9 Å². The van der Waals surface area contributed by atoms with Crippen molar-refractivity contribution in [3.63, 3.8) is 0 Å². The zero-order valence-corrected chi connectivity index (χ0v) is 12.5. The highest BCUT2D eigenvalue weighted by molar-refractivity contribution is 5.18. The Morgan fingerprint density at radius 3 is 3.05 bits per heavy atom. The number of nitrogens with zero attached hydrogens (tertiary/aromatic N) is 3. The SMILES string of the molecule is Cc1nc2n(n1)C[C@@H](N[C@H](C)Cc1ccccc1F)CC2. The van der Waals surface area contributed by atoms with Gasteiger partial charge in [0.1, 0.15) is 17.5 Å². The second-order valence-electron chi connectivity index (χ2n) is 5.86. The first-order valence-electron chi connectivity index (χ1n) is 7.51. The normalized spacial score (nSPS) is 19.3. The van der Waals surface area contributed by atoms with E-state index in [4.69, 9.17) is 0 Å². The van der Waals surface area contributed by atoms with Crippen LogP contribution in [0.3, 0.4) is 0 Å². The second-order valence-corrected chi connectivity index (χ2v) is 5.86. The van der Waals surface area contributed by atoms with Crippen LogP contribution in [0.15, 0.2) is 24.3 Å². The fraction of sp³-hybridized carbons (Fsp3) is 0.500. The molecule has 0 fully saturated rings. The van der Waals surface area contributed by atoms with Crippen molar-refractivity contribution in [1.82, 2.24) is 20.1 Å². The summed E-state index contributed by atoms with van der Waals surface area (Å²) in [5, 5.41) is 8.00. The van der Waals surface area contributed by atoms with Crippen LogP contribution >= 0.6 is 0 Å². The molecule has 4 nitrogen and oxygen atoms in total. The molecule has 3 rings (SSSR count). The standard InChI is InChI=1S/C16H21FN4/c1-11(9-13-5-3-4-6-15(13)17)18-14-7-8-16-19-12(2)20-21(16)10-14/h3-6,11,14,18H,7-10H2,1-2H3/t11-,14+/m1/s1. The molecule has 1 N–H and O–H groups in total. The number of fused-ring (bicyclic) bond motifs is 1. The minimum atomic E-state index is -0.121. The third-order valence-electron chi connectivity index (χ3n) is 3.97. The van der Waals surface area contributed by atoms with Crippen molar-refractivity contribution in [1.29, 1.82) is 0 Å². The van der Waals surface area contributed by atoms with Gasteiger partial charge in [0.15, 0.2) is 0 Å². The molecule has 2 atom stereocenters. The van der Waals surface area contributed by atoms with E-state index in [0.717, 1.165) is 36.6 Å². The topological polar surface area (TPSA) is 42.7 Å². The lowest BCUT2D eigenvalue weighted by atomic mass is 10.0. The van der Waals surface area contributed by atoms with Crippen molar-refractivity contribution in [3.05, 3.63) is 47.3 Å². The number of aryl methyl sites for hydroxylation is 2. The molecule has 0 saturated carbocycles. The lowest BCUT2D eigenvalue weighted by Crippen LogP contribution is -2.43. The van der Waals surface area contributed by atoms with Crippen molar-refractivity contribution in [2.45, 2.75) is 51.7 Å². The van der Waals surface area contributed by atoms with Gasteiger partial charge in [0, 0.05) is 18.5 Å². The van der Waals surface area contributed by atoms with Gasteiger partial charge in [-0.25, -0.2) is 14.1 Å². The van der Waals surface area contributed by atoms with Crippen molar-refractivity contribution in [2.24, 2.45) is 0 Å². The Bertz CT molecular complexity index is 622. The predicted molar refractivity (Wildman–Crippen MR) is 79.6 cm³/mol. The number of hydrogen-bond donors (Lipinski definition) is 1. The van der Waals surface area contributed by atoms with Gasteiger partial charge in [-0.15, -0.1) is 0 Å². The Morgan fingerprint density at radius 2 is 2.24 bits per heavy atom. The summed E-state index contributed by atoms with van der Waals surface area (Å²) in [6.45, 7) is 4.88. The highest BCUT2D eigenvalue weighted by Gasteiger charge is 2.22. The summed E-state index contributed by atoms with van der Waals surface area (Å²) in [6, 6.07) is 7.60. The summed E-state index contributed by atoms with van der Waals surface area (Å²) in [4.78, 5) is 4.42. The lowest BCUT2D eigenvalue weighted by molar-refractivity contribution is 0.330. The third-order valence-corrected chi connectivity index (χ3v) is 3.97. The summed E-state index contributed by atoms with van der Waals surface area (Å²) >= 11 is 0. The molecule has 1 aliphatic heterocycles. The van der Waals surface area contributed by atoms with Crippen LogP contribution < -0.4 is 5.32 Å². The minimum absolute atomic E-state index is 0.121. The molecule has 2 heterocycles. The van der Waals surface area contributed by atoms with E-state index in [1.54, 1.807) is 6.07 Å². The lowest BCUT2D eigenvalue weighted by Gasteiger charge is -2.27. The second kappa shape index (κ2) is 5.93. The maximum absolute atomic E-state index is 13.7. The van der Waals surface area contributed by atoms with Gasteiger partial charge in [-0.2, -0.15) is 5.10 Å². The number of nitrogens with one attached hydrogen (secondary N) is 1. The molecular weight excluding hydrogens is 267 g/mol. The molecule has 2 aromatic rings. The zero-order valence-electron chi connectivity index (χ0n) is 12.5. The summed E-state index contributed by atoms with van der Waals surface area (Å²) in [6.07, 6.45) is 2.71. The van der Waals surface area contributed by atoms with Crippen LogP contribution in [0, 0.1) is 12.7 Å². The van der Waals surface area contributed by atoms with Crippen molar-refractivity contribution in [2.75, 3.05) is 0 Å². The number of rotatable bonds is 4. The maximum Gasteiger partial charge on any atom is 0.147 e. The van der Waals surface area contributed by atoms with E-state index in [2.05, 4.69) is 22.3 Å². The molecule has 21 heavy (non-hydrogen) atoms. The van der Waals surface area contributed by atoms with Crippen molar-refractivity contribution in [3.8, 4) is 0 Å². The van der Waals surface area contributed by atoms with Crippen LogP contribution in [-0.2, 0) is 19.4 Å². The van der Waals surface area contributed by atoms with Crippen LogP contribution in [0.25, 0.3) is 0 Å². The molecule has 0 amide bonds. The molecule has 112 valence electrons. The summed E-state index contributed by atoms with van der Waals surface area (Å²) < 4.78 is 15.7. The highest BCUT2D eigenvalue weighted by atomic mass is 19.1. The maximum atomic E-state index is 13.7. The van der Waals surface area contributed by atoms with E-state index in [1.807, 2.05) is 23.7 Å². The van der Waals surface area contributed by atoms with Gasteiger partial charge in [0.2, 0.25) is 0 Å². The fourth-order valence-corrected chi connectivity index (χ4v) is 3.02. The van der Waals surface area contributed by atoms with Crippen LogP contribution in [0.4, 0.5) is 4.39 Å². The van der Waals surface area contributed by atoms with Crippen LogP contribution in [0.5, 0.6) is 0 Å². The first kappa shape index (κ1) is 14.2. The molecular formula is C16H21FN4. The molecule has 0 saturated heterocycles. The fourth-order valence-electron chi connectivity index (χ4n) is 3.02. The number of halogens is 1. The van der Waals surface area contributed by atoms with E-state index < -0.39 is 0 Å². The minimum Gasteiger partial charge on any atom is -0.309 e. The first-order valence-corrected chi connectivity index (χ1v) is 7.51. The number of hydrogen-bond acceptors (Lipinski definition) is 3. The Labute approximate surface area is 124 Å². The van der Waals surface area contributed by atoms with Gasteiger partial charge in [0.05, 0.1) is 6.54 Å². The Kier molecular flexibility index (Phi) is 4.01. The van der Waals surface area contributed by atoms with Crippen LogP contribution in [-0.4, -0.2) is 26.8 Å². The largest absolute Gasteiger partial charge is 0.309 e. The molecule has 5 heteroatoms. The van der Waals surface area contributed by atoms with Gasteiger partial charge in [-0.1, -0.05) is 18.2 Å². The molecule has 1 aromatic carbocycles. The Balaban J connectivity index is 1.59. The smallest absolute Gasteiger partial charge is 0.147 e. The van der Waals surface area contributed by atoms with Crippen molar-refractivity contribution < 1.29 is 4.39 Å².